The van der Waals surface area contributed by atoms with Crippen LogP contribution in [-0.2, 0) is 19.2 Å². The molecule has 1 aliphatic heterocycles. The van der Waals surface area contributed by atoms with E-state index in [2.05, 4.69) is 12.6 Å². The van der Waals surface area contributed by atoms with Crippen molar-refractivity contribution in [1.82, 2.24) is 4.90 Å². The van der Waals surface area contributed by atoms with Gasteiger partial charge in [-0.3, -0.25) is 14.4 Å². The number of thiol groups is 1. The van der Waals surface area contributed by atoms with Crippen molar-refractivity contribution in [1.29, 1.82) is 0 Å². The van der Waals surface area contributed by atoms with E-state index in [9.17, 15) is 24.3 Å². The molecule has 1 aliphatic rings. The number of benzene rings is 1. The van der Waals surface area contributed by atoms with E-state index in [1.54, 1.807) is 24.3 Å². The topological polar surface area (TPSA) is 101 Å². The van der Waals surface area contributed by atoms with Gasteiger partial charge in [-0.2, -0.15) is 12.6 Å². The Morgan fingerprint density at radius 2 is 1.96 bits per heavy atom. The predicted molar refractivity (Wildman–Crippen MR) is 99.3 cm³/mol. The van der Waals surface area contributed by atoms with Gasteiger partial charge in [0.15, 0.2) is 0 Å². The number of ether oxygens (including phenoxy) is 1. The molecular formula is C17H19NO6S2. The van der Waals surface area contributed by atoms with Crippen molar-refractivity contribution in [3.8, 4) is 5.75 Å². The number of carbonyl (C=O) groups excluding carboxylic acids is 3. The standard InChI is InChI=1S/C17H19NO6S2/c1-9(19)14(25)7-15(21)18-12(17(22)23)8-26-16(18)11-5-3-4-6-13(11)24-10(2)20/h3-6,12,14,16,25H,7-8H2,1-2H3,(H,22,23)/t12-,14?,16?/m0/s1. The van der Waals surface area contributed by atoms with E-state index in [4.69, 9.17) is 4.74 Å². The van der Waals surface area contributed by atoms with Crippen LogP contribution >= 0.6 is 24.4 Å². The molecule has 2 unspecified atom stereocenters. The van der Waals surface area contributed by atoms with E-state index in [0.717, 1.165) is 0 Å². The number of amides is 1. The van der Waals surface area contributed by atoms with Gasteiger partial charge in [0.25, 0.3) is 0 Å². The molecule has 140 valence electrons. The number of ketones is 1. The first-order valence-corrected chi connectivity index (χ1v) is 9.40. The molecule has 7 nitrogen and oxygen atoms in total. The van der Waals surface area contributed by atoms with Crippen molar-refractivity contribution in [2.45, 2.75) is 36.9 Å². The molecule has 1 fully saturated rings. The minimum atomic E-state index is -1.13. The molecule has 26 heavy (non-hydrogen) atoms. The van der Waals surface area contributed by atoms with E-state index in [-0.39, 0.29) is 23.7 Å². The van der Waals surface area contributed by atoms with Crippen LogP contribution in [0.4, 0.5) is 0 Å². The Morgan fingerprint density at radius 3 is 2.54 bits per heavy atom. The van der Waals surface area contributed by atoms with Gasteiger partial charge in [-0.05, 0) is 13.0 Å². The number of aliphatic carboxylic acids is 1. The monoisotopic (exact) mass is 397 g/mol. The lowest BCUT2D eigenvalue weighted by atomic mass is 10.1. The number of hydrogen-bond donors (Lipinski definition) is 2. The number of thioether (sulfide) groups is 1. The minimum absolute atomic E-state index is 0.192. The summed E-state index contributed by atoms with van der Waals surface area (Å²) < 4.78 is 5.19. The summed E-state index contributed by atoms with van der Waals surface area (Å²) in [6.45, 7) is 2.59. The number of carbonyl (C=O) groups is 4. The summed E-state index contributed by atoms with van der Waals surface area (Å²) in [5, 5.41) is 8.04. The number of Topliss-reactive ketones (excluding diaryl/α,β-unsaturated/α-hetero) is 1. The van der Waals surface area contributed by atoms with Crippen molar-refractivity contribution < 1.29 is 29.0 Å². The van der Waals surface area contributed by atoms with Crippen molar-refractivity contribution >= 4 is 48.0 Å². The van der Waals surface area contributed by atoms with Crippen LogP contribution in [0.15, 0.2) is 24.3 Å². The fourth-order valence-corrected chi connectivity index (χ4v) is 4.21. The summed E-state index contributed by atoms with van der Waals surface area (Å²) >= 11 is 5.37. The van der Waals surface area contributed by atoms with Crippen LogP contribution in [0.3, 0.4) is 0 Å². The molecule has 0 aromatic heterocycles. The van der Waals surface area contributed by atoms with Crippen molar-refractivity contribution in [3.05, 3.63) is 29.8 Å². The quantitative estimate of drug-likeness (QED) is 0.430. The first-order chi connectivity index (χ1) is 12.2. The first kappa shape index (κ1) is 20.3. The molecular weight excluding hydrogens is 378 g/mol. The molecule has 0 aliphatic carbocycles. The Morgan fingerprint density at radius 1 is 1.31 bits per heavy atom. The van der Waals surface area contributed by atoms with Gasteiger partial charge in [0.1, 0.15) is 22.9 Å². The van der Waals surface area contributed by atoms with E-state index in [1.165, 1.54) is 30.5 Å². The van der Waals surface area contributed by atoms with Gasteiger partial charge in [0, 0.05) is 24.7 Å². The lowest BCUT2D eigenvalue weighted by molar-refractivity contribution is -0.149. The second-order valence-electron chi connectivity index (χ2n) is 5.80. The Balaban J connectivity index is 2.37. The highest BCUT2D eigenvalue weighted by molar-refractivity contribution is 7.99. The fraction of sp³-hybridized carbons (Fsp3) is 0.412. The second-order valence-corrected chi connectivity index (χ2v) is 7.54. The Kier molecular flexibility index (Phi) is 6.71. The predicted octanol–water partition coefficient (Wildman–Crippen LogP) is 1.92. The average Bonchev–Trinajstić information content (AvgIpc) is 2.99. The highest BCUT2D eigenvalue weighted by Crippen LogP contribution is 2.45. The van der Waals surface area contributed by atoms with Crippen molar-refractivity contribution in [2.24, 2.45) is 0 Å². The van der Waals surface area contributed by atoms with Crippen LogP contribution < -0.4 is 4.74 Å². The normalized spacial score (nSPS) is 20.5. The maximum absolute atomic E-state index is 12.7. The molecule has 1 amide bonds. The van der Waals surface area contributed by atoms with Gasteiger partial charge in [0.05, 0.1) is 5.25 Å². The molecule has 9 heteroatoms. The van der Waals surface area contributed by atoms with E-state index < -0.39 is 34.5 Å². The van der Waals surface area contributed by atoms with Crippen LogP contribution in [0, 0.1) is 0 Å². The number of rotatable bonds is 6. The number of nitrogens with zero attached hydrogens (tertiary/aromatic N) is 1. The molecule has 1 N–H and O–H groups in total. The van der Waals surface area contributed by atoms with Crippen molar-refractivity contribution in [2.75, 3.05) is 5.75 Å². The van der Waals surface area contributed by atoms with Crippen LogP contribution in [0.25, 0.3) is 0 Å². The van der Waals surface area contributed by atoms with Gasteiger partial charge < -0.3 is 14.7 Å². The summed E-state index contributed by atoms with van der Waals surface area (Å²) in [6.07, 6.45) is -0.199. The SMILES string of the molecule is CC(=O)Oc1ccccc1C1SC[C@@H](C(=O)O)N1C(=O)CC(S)C(C)=O. The number of hydrogen-bond acceptors (Lipinski definition) is 7. The van der Waals surface area contributed by atoms with Gasteiger partial charge in [-0.25, -0.2) is 4.79 Å². The van der Waals surface area contributed by atoms with Crippen molar-refractivity contribution in [3.63, 3.8) is 0 Å². The molecule has 0 saturated carbocycles. The summed E-state index contributed by atoms with van der Waals surface area (Å²) in [6, 6.07) is 5.64. The molecule has 1 aromatic rings. The lowest BCUT2D eigenvalue weighted by Crippen LogP contribution is -2.44. The molecule has 1 heterocycles. The smallest absolute Gasteiger partial charge is 0.327 e. The second kappa shape index (κ2) is 8.59. The van der Waals surface area contributed by atoms with E-state index in [1.807, 2.05) is 0 Å². The molecule has 3 atom stereocenters. The Labute approximate surface area is 160 Å². The first-order valence-electron chi connectivity index (χ1n) is 7.83. The zero-order valence-corrected chi connectivity index (χ0v) is 16.0. The van der Waals surface area contributed by atoms with Gasteiger partial charge in [-0.15, -0.1) is 11.8 Å². The van der Waals surface area contributed by atoms with E-state index in [0.29, 0.717) is 5.56 Å². The maximum Gasteiger partial charge on any atom is 0.327 e. The largest absolute Gasteiger partial charge is 0.480 e. The van der Waals surface area contributed by atoms with E-state index >= 15 is 0 Å². The summed E-state index contributed by atoms with van der Waals surface area (Å²) in [5.74, 6) is -1.93. The summed E-state index contributed by atoms with van der Waals surface area (Å²) in [5.41, 5.74) is 0.531. The van der Waals surface area contributed by atoms with Crippen LogP contribution in [-0.4, -0.2) is 50.7 Å². The average molecular weight is 397 g/mol. The molecule has 0 spiro atoms. The number of para-hydroxylation sites is 1. The fourth-order valence-electron chi connectivity index (χ4n) is 2.59. The third-order valence-corrected chi connectivity index (χ3v) is 5.70. The van der Waals surface area contributed by atoms with Crippen LogP contribution in [0.5, 0.6) is 5.75 Å². The van der Waals surface area contributed by atoms with Crippen LogP contribution in [0.1, 0.15) is 31.2 Å². The third kappa shape index (κ3) is 4.59. The van der Waals surface area contributed by atoms with Gasteiger partial charge in [0.2, 0.25) is 5.91 Å². The highest BCUT2D eigenvalue weighted by atomic mass is 32.2. The zero-order valence-electron chi connectivity index (χ0n) is 14.2. The molecule has 2 rings (SSSR count). The Bertz CT molecular complexity index is 738. The molecule has 1 aromatic carbocycles. The summed E-state index contributed by atoms with van der Waals surface area (Å²) in [7, 11) is 0. The Hall–Kier alpha value is -2.00. The number of esters is 1. The maximum atomic E-state index is 12.7. The summed E-state index contributed by atoms with van der Waals surface area (Å²) in [4.78, 5) is 48.3. The van der Waals surface area contributed by atoms with Gasteiger partial charge >= 0.3 is 11.9 Å². The minimum Gasteiger partial charge on any atom is -0.480 e. The van der Waals surface area contributed by atoms with Gasteiger partial charge in [-0.1, -0.05) is 18.2 Å². The molecule has 0 bridgehead atoms. The number of carboxylic acids is 1. The lowest BCUT2D eigenvalue weighted by Gasteiger charge is -2.29. The zero-order chi connectivity index (χ0) is 19.4. The molecule has 1 saturated heterocycles. The third-order valence-electron chi connectivity index (χ3n) is 3.85. The highest BCUT2D eigenvalue weighted by Gasteiger charge is 2.43. The number of carboxylic acid groups (broad SMARTS) is 1. The van der Waals surface area contributed by atoms with Crippen LogP contribution in [0.2, 0.25) is 0 Å². The molecule has 0 radical (unpaired) electrons.